The van der Waals surface area contributed by atoms with E-state index in [2.05, 4.69) is 49.5 Å². The van der Waals surface area contributed by atoms with Crippen LogP contribution in [-0.2, 0) is 0 Å². The second kappa shape index (κ2) is 11.9. The minimum atomic E-state index is -0.464. The van der Waals surface area contributed by atoms with Gasteiger partial charge in [0.25, 0.3) is 0 Å². The number of nitrogens with zero attached hydrogens (tertiary/aromatic N) is 5. The summed E-state index contributed by atoms with van der Waals surface area (Å²) in [6.07, 6.45) is 1.40. The smallest absolute Gasteiger partial charge is 0.327 e. The van der Waals surface area contributed by atoms with Gasteiger partial charge < -0.3 is 25.2 Å². The molecule has 1 fully saturated rings. The number of aromatic nitrogens is 2. The van der Waals surface area contributed by atoms with Crippen LogP contribution < -0.4 is 25.2 Å². The lowest BCUT2D eigenvalue weighted by atomic mass is 10.2. The summed E-state index contributed by atoms with van der Waals surface area (Å²) in [4.78, 5) is 27.7. The van der Waals surface area contributed by atoms with Crippen LogP contribution in [-0.4, -0.2) is 67.8 Å². The first-order chi connectivity index (χ1) is 17.8. The summed E-state index contributed by atoms with van der Waals surface area (Å²) in [5, 5.41) is 6.60. The highest BCUT2D eigenvalue weighted by Gasteiger charge is 2.20. The highest BCUT2D eigenvalue weighted by atomic mass is 35.5. The van der Waals surface area contributed by atoms with Crippen molar-refractivity contribution in [2.45, 2.75) is 13.8 Å². The SMILES string of the molecule is CCN1CCN(c2ccc(Nc3cc(N(C)C(=O)Nc4c(Cl)c(C)cc(OC)c4Cl)ncn3)cc2)CC1. The summed E-state index contributed by atoms with van der Waals surface area (Å²) in [6.45, 7) is 9.31. The van der Waals surface area contributed by atoms with Crippen molar-refractivity contribution < 1.29 is 9.53 Å². The predicted molar refractivity (Wildman–Crippen MR) is 151 cm³/mol. The highest BCUT2D eigenvalue weighted by molar-refractivity contribution is 6.41. The third kappa shape index (κ3) is 6.18. The molecule has 2 heterocycles. The predicted octanol–water partition coefficient (Wildman–Crippen LogP) is 5.65. The standard InChI is InChI=1S/C26H31Cl2N7O2/c1-5-34-10-12-35(13-11-34)19-8-6-18(7-9-19)31-21-15-22(30-16-29-21)33(3)26(36)32-25-23(27)17(2)14-20(37-4)24(25)28/h6-9,14-16H,5,10-13H2,1-4H3,(H,32,36)(H,29,30,31). The number of rotatable bonds is 7. The number of hydrogen-bond acceptors (Lipinski definition) is 7. The molecule has 1 aromatic heterocycles. The topological polar surface area (TPSA) is 85.9 Å². The summed E-state index contributed by atoms with van der Waals surface area (Å²) < 4.78 is 5.28. The Bertz CT molecular complexity index is 1250. The van der Waals surface area contributed by atoms with E-state index in [1.54, 1.807) is 19.2 Å². The summed E-state index contributed by atoms with van der Waals surface area (Å²) in [5.41, 5.74) is 3.09. The number of benzene rings is 2. The van der Waals surface area contributed by atoms with E-state index in [1.807, 2.05) is 19.1 Å². The van der Waals surface area contributed by atoms with Gasteiger partial charge in [-0.3, -0.25) is 4.90 Å². The van der Waals surface area contributed by atoms with E-state index in [0.29, 0.717) is 22.4 Å². The molecule has 0 saturated carbocycles. The van der Waals surface area contributed by atoms with Gasteiger partial charge in [0.2, 0.25) is 0 Å². The first-order valence-electron chi connectivity index (χ1n) is 12.0. The summed E-state index contributed by atoms with van der Waals surface area (Å²) >= 11 is 12.8. The maximum Gasteiger partial charge on any atom is 0.327 e. The Morgan fingerprint density at radius 2 is 1.78 bits per heavy atom. The third-order valence-corrected chi connectivity index (χ3v) is 7.29. The van der Waals surface area contributed by atoms with Crippen LogP contribution in [0.2, 0.25) is 10.0 Å². The van der Waals surface area contributed by atoms with Gasteiger partial charge in [0.05, 0.1) is 17.8 Å². The lowest BCUT2D eigenvalue weighted by Crippen LogP contribution is -2.46. The van der Waals surface area contributed by atoms with E-state index in [-0.39, 0.29) is 10.7 Å². The molecule has 37 heavy (non-hydrogen) atoms. The quantitative estimate of drug-likeness (QED) is 0.397. The molecule has 196 valence electrons. The van der Waals surface area contributed by atoms with Gasteiger partial charge in [-0.05, 0) is 49.4 Å². The zero-order valence-electron chi connectivity index (χ0n) is 21.4. The first-order valence-corrected chi connectivity index (χ1v) is 12.8. The minimum Gasteiger partial charge on any atom is -0.495 e. The van der Waals surface area contributed by atoms with Crippen molar-refractivity contribution >= 4 is 57.9 Å². The number of urea groups is 1. The number of likely N-dealkylation sites (N-methyl/N-ethyl adjacent to an activating group) is 1. The number of carbonyl (C=O) groups is 1. The maximum absolute atomic E-state index is 13.0. The number of amides is 2. The molecule has 9 nitrogen and oxygen atoms in total. The number of nitrogens with one attached hydrogen (secondary N) is 2. The van der Waals surface area contributed by atoms with E-state index >= 15 is 0 Å². The summed E-state index contributed by atoms with van der Waals surface area (Å²) in [6, 6.07) is 11.2. The van der Waals surface area contributed by atoms with E-state index in [0.717, 1.165) is 44.0 Å². The maximum atomic E-state index is 13.0. The van der Waals surface area contributed by atoms with Gasteiger partial charge in [0.1, 0.15) is 28.7 Å². The molecule has 1 aliphatic heterocycles. The zero-order chi connectivity index (χ0) is 26.5. The van der Waals surface area contributed by atoms with Crippen LogP contribution in [0.5, 0.6) is 5.75 Å². The van der Waals surface area contributed by atoms with Crippen molar-refractivity contribution in [1.29, 1.82) is 0 Å². The van der Waals surface area contributed by atoms with Gasteiger partial charge in [-0.1, -0.05) is 30.1 Å². The molecule has 0 unspecified atom stereocenters. The minimum absolute atomic E-state index is 0.223. The van der Waals surface area contributed by atoms with Crippen molar-refractivity contribution in [2.24, 2.45) is 0 Å². The van der Waals surface area contributed by atoms with Crippen molar-refractivity contribution in [3.8, 4) is 5.75 Å². The summed E-state index contributed by atoms with van der Waals surface area (Å²) in [5.74, 6) is 1.37. The molecule has 11 heteroatoms. The van der Waals surface area contributed by atoms with Crippen LogP contribution in [0.25, 0.3) is 0 Å². The van der Waals surface area contributed by atoms with Gasteiger partial charge in [0, 0.05) is 50.7 Å². The second-order valence-corrected chi connectivity index (χ2v) is 9.50. The fraction of sp³-hybridized carbons (Fsp3) is 0.346. The van der Waals surface area contributed by atoms with Crippen molar-refractivity contribution in [1.82, 2.24) is 14.9 Å². The number of piperazine rings is 1. The molecule has 0 bridgehead atoms. The Hall–Kier alpha value is -3.27. The number of anilines is 5. The van der Waals surface area contributed by atoms with E-state index < -0.39 is 6.03 Å². The Morgan fingerprint density at radius 3 is 2.43 bits per heavy atom. The second-order valence-electron chi connectivity index (χ2n) is 8.74. The van der Waals surface area contributed by atoms with Gasteiger partial charge in [-0.2, -0.15) is 0 Å². The average Bonchev–Trinajstić information content (AvgIpc) is 2.93. The number of methoxy groups -OCH3 is 1. The van der Waals surface area contributed by atoms with Crippen molar-refractivity contribution in [2.75, 3.05) is 67.3 Å². The highest BCUT2D eigenvalue weighted by Crippen LogP contribution is 2.40. The van der Waals surface area contributed by atoms with Gasteiger partial charge in [0.15, 0.2) is 0 Å². The number of hydrogen-bond donors (Lipinski definition) is 2. The summed E-state index contributed by atoms with van der Waals surface area (Å²) in [7, 11) is 3.10. The molecule has 4 rings (SSSR count). The Labute approximate surface area is 227 Å². The molecule has 1 saturated heterocycles. The molecule has 2 amide bonds. The zero-order valence-corrected chi connectivity index (χ0v) is 22.9. The molecule has 2 N–H and O–H groups in total. The number of carbonyl (C=O) groups excluding carboxylic acids is 1. The van der Waals surface area contributed by atoms with Crippen LogP contribution in [0.4, 0.5) is 33.5 Å². The van der Waals surface area contributed by atoms with E-state index in [4.69, 9.17) is 27.9 Å². The van der Waals surface area contributed by atoms with Crippen LogP contribution in [0.1, 0.15) is 12.5 Å². The molecule has 0 aliphatic carbocycles. The molecule has 0 spiro atoms. The van der Waals surface area contributed by atoms with E-state index in [9.17, 15) is 4.79 Å². The fourth-order valence-electron chi connectivity index (χ4n) is 4.12. The van der Waals surface area contributed by atoms with Gasteiger partial charge in [-0.25, -0.2) is 14.8 Å². The number of ether oxygens (including phenoxy) is 1. The van der Waals surface area contributed by atoms with E-state index in [1.165, 1.54) is 24.0 Å². The van der Waals surface area contributed by atoms with Gasteiger partial charge >= 0.3 is 6.03 Å². The van der Waals surface area contributed by atoms with Gasteiger partial charge in [-0.15, -0.1) is 0 Å². The third-order valence-electron chi connectivity index (χ3n) is 6.43. The average molecular weight is 544 g/mol. The molecule has 1 aliphatic rings. The normalized spacial score (nSPS) is 13.8. The molecule has 3 aromatic rings. The lowest BCUT2D eigenvalue weighted by Gasteiger charge is -2.35. The molecule has 0 atom stereocenters. The van der Waals surface area contributed by atoms with Crippen LogP contribution in [0, 0.1) is 6.92 Å². The van der Waals surface area contributed by atoms with Crippen molar-refractivity contribution in [3.63, 3.8) is 0 Å². The Balaban J connectivity index is 1.43. The molecule has 0 radical (unpaired) electrons. The lowest BCUT2D eigenvalue weighted by molar-refractivity contribution is 0.258. The first kappa shape index (κ1) is 26.8. The molecular formula is C26H31Cl2N7O2. The Kier molecular flexibility index (Phi) is 8.58. The molecule has 2 aromatic carbocycles. The largest absolute Gasteiger partial charge is 0.495 e. The monoisotopic (exact) mass is 543 g/mol. The van der Waals surface area contributed by atoms with Crippen molar-refractivity contribution in [3.05, 3.63) is 58.3 Å². The Morgan fingerprint density at radius 1 is 1.08 bits per heavy atom. The van der Waals surface area contributed by atoms with Crippen LogP contribution in [0.15, 0.2) is 42.7 Å². The number of halogens is 2. The molecular weight excluding hydrogens is 513 g/mol. The fourth-order valence-corrected chi connectivity index (χ4v) is 4.64. The van der Waals surface area contributed by atoms with Crippen LogP contribution in [0.3, 0.4) is 0 Å². The van der Waals surface area contributed by atoms with Crippen LogP contribution >= 0.6 is 23.2 Å². The number of aryl methyl sites for hydroxylation is 1.